The van der Waals surface area contributed by atoms with Crippen molar-refractivity contribution in [2.75, 3.05) is 67.1 Å². The van der Waals surface area contributed by atoms with Gasteiger partial charge in [0, 0.05) is 87.8 Å². The van der Waals surface area contributed by atoms with Crippen LogP contribution < -0.4 is 20.1 Å². The smallest absolute Gasteiger partial charge is 0.341 e. The van der Waals surface area contributed by atoms with Crippen LogP contribution in [-0.4, -0.2) is 92.2 Å². The summed E-state index contributed by atoms with van der Waals surface area (Å²) in [6.45, 7) is 5.52. The second-order valence-corrected chi connectivity index (χ2v) is 13.7. The third-order valence-electron chi connectivity index (χ3n) is 10.1. The summed E-state index contributed by atoms with van der Waals surface area (Å²) in [7, 11) is 0. The van der Waals surface area contributed by atoms with Crippen LogP contribution in [-0.2, 0) is 6.67 Å². The van der Waals surface area contributed by atoms with Crippen molar-refractivity contribution >= 4 is 52.1 Å². The number of carbonyl (C=O) groups is 1. The highest BCUT2D eigenvalue weighted by atomic mass is 32.1. The Kier molecular flexibility index (Phi) is 8.71. The van der Waals surface area contributed by atoms with Crippen molar-refractivity contribution in [3.8, 4) is 5.69 Å². The van der Waals surface area contributed by atoms with Crippen molar-refractivity contribution in [3.05, 3.63) is 109 Å². The summed E-state index contributed by atoms with van der Waals surface area (Å²) in [5.41, 5.74) is 1.83. The quantitative estimate of drug-likeness (QED) is 0.126. The Balaban J connectivity index is 0.996. The van der Waals surface area contributed by atoms with Crippen LogP contribution in [0.4, 0.5) is 27.4 Å². The van der Waals surface area contributed by atoms with Gasteiger partial charge in [0.15, 0.2) is 0 Å². The lowest BCUT2D eigenvalue weighted by Gasteiger charge is -2.36. The third kappa shape index (κ3) is 6.28. The van der Waals surface area contributed by atoms with Gasteiger partial charge in [0.25, 0.3) is 5.69 Å². The fraction of sp³-hybridized carbons (Fsp3) is 0.333. The van der Waals surface area contributed by atoms with E-state index >= 15 is 4.39 Å². The number of aromatic nitrogens is 4. The number of nitrogens with zero attached hydrogens (tertiary/aromatic N) is 9. The molecule has 14 nitrogen and oxygen atoms in total. The van der Waals surface area contributed by atoms with E-state index in [1.165, 1.54) is 24.4 Å². The minimum absolute atomic E-state index is 0.0650. The number of pyridine rings is 1. The second kappa shape index (κ2) is 13.5. The molecule has 3 aliphatic rings. The highest BCUT2D eigenvalue weighted by molar-refractivity contribution is 7.71. The molecular weight excluding hydrogens is 690 g/mol. The minimum Gasteiger partial charge on any atom is -0.477 e. The summed E-state index contributed by atoms with van der Waals surface area (Å²) in [5, 5.41) is 25.8. The zero-order valence-electron chi connectivity index (χ0n) is 28.2. The van der Waals surface area contributed by atoms with Gasteiger partial charge in [-0.3, -0.25) is 24.4 Å². The fourth-order valence-electron chi connectivity index (χ4n) is 7.17. The normalized spacial score (nSPS) is 16.8. The molecule has 52 heavy (non-hydrogen) atoms. The number of benzene rings is 3. The van der Waals surface area contributed by atoms with Crippen LogP contribution >= 0.6 is 12.2 Å². The summed E-state index contributed by atoms with van der Waals surface area (Å²) in [6.07, 6.45) is 3.16. The average Bonchev–Trinajstić information content (AvgIpc) is 3.95. The molecule has 3 fully saturated rings. The van der Waals surface area contributed by atoms with Gasteiger partial charge < -0.3 is 24.4 Å². The Morgan fingerprint density at radius 2 is 1.56 bits per heavy atom. The lowest BCUT2D eigenvalue weighted by Crippen LogP contribution is -2.47. The molecule has 2 aliphatic heterocycles. The summed E-state index contributed by atoms with van der Waals surface area (Å²) in [5.74, 6) is -1.13. The number of nitro benzene ring substituents is 1. The van der Waals surface area contributed by atoms with Gasteiger partial charge >= 0.3 is 5.97 Å². The number of halogens is 1. The van der Waals surface area contributed by atoms with E-state index in [0.29, 0.717) is 75.0 Å². The molecule has 5 aromatic rings. The van der Waals surface area contributed by atoms with Gasteiger partial charge in [-0.1, -0.05) is 18.2 Å². The van der Waals surface area contributed by atoms with Crippen molar-refractivity contribution < 1.29 is 19.2 Å². The zero-order valence-corrected chi connectivity index (χ0v) is 29.0. The van der Waals surface area contributed by atoms with Crippen LogP contribution in [0.2, 0.25) is 0 Å². The highest BCUT2D eigenvalue weighted by Crippen LogP contribution is 2.38. The topological polar surface area (TPSA) is 138 Å². The van der Waals surface area contributed by atoms with E-state index in [0.717, 1.165) is 30.2 Å². The number of hydrogen-bond donors (Lipinski definition) is 1. The molecule has 2 saturated heterocycles. The summed E-state index contributed by atoms with van der Waals surface area (Å²) in [6, 6.07) is 19.5. The van der Waals surface area contributed by atoms with E-state index in [2.05, 4.69) is 14.7 Å². The monoisotopic (exact) mass is 725 g/mol. The number of carboxylic acid groups (broad SMARTS) is 1. The van der Waals surface area contributed by atoms with E-state index < -0.39 is 22.1 Å². The molecule has 3 aromatic carbocycles. The van der Waals surface area contributed by atoms with Gasteiger partial charge in [-0.25, -0.2) is 13.9 Å². The third-order valence-corrected chi connectivity index (χ3v) is 10.5. The first-order valence-corrected chi connectivity index (χ1v) is 17.7. The lowest BCUT2D eigenvalue weighted by atomic mass is 10.1. The molecule has 0 spiro atoms. The Morgan fingerprint density at radius 3 is 2.19 bits per heavy atom. The first-order chi connectivity index (χ1) is 25.2. The Hall–Kier alpha value is -5.61. The maximum Gasteiger partial charge on any atom is 0.341 e. The van der Waals surface area contributed by atoms with Gasteiger partial charge in [-0.15, -0.1) is 5.10 Å². The maximum atomic E-state index is 15.6. The van der Waals surface area contributed by atoms with Crippen LogP contribution in [0.3, 0.4) is 0 Å². The van der Waals surface area contributed by atoms with Crippen molar-refractivity contribution in [1.29, 1.82) is 0 Å². The SMILES string of the molecule is O=C(O)c1cn(C2CC2)c2cc(N3CCN(Cn4nc(N5CCN(c6ccc([N+](=O)[O-])cc6)CC5)n(-c5ccccc5)c4=S)CC3)c(F)cc2c1=O. The van der Waals surface area contributed by atoms with E-state index in [4.69, 9.17) is 17.3 Å². The lowest BCUT2D eigenvalue weighted by molar-refractivity contribution is -0.384. The zero-order chi connectivity index (χ0) is 36.1. The van der Waals surface area contributed by atoms with Crippen molar-refractivity contribution in [1.82, 2.24) is 23.8 Å². The van der Waals surface area contributed by atoms with Crippen LogP contribution in [0.25, 0.3) is 16.6 Å². The molecule has 8 rings (SSSR count). The molecule has 4 heterocycles. The highest BCUT2D eigenvalue weighted by Gasteiger charge is 2.29. The molecule has 0 radical (unpaired) electrons. The summed E-state index contributed by atoms with van der Waals surface area (Å²) >= 11 is 6.02. The minimum atomic E-state index is -1.31. The Bertz CT molecular complexity index is 2290. The van der Waals surface area contributed by atoms with Gasteiger partial charge in [-0.2, -0.15) is 0 Å². The molecule has 2 aromatic heterocycles. The first kappa shape index (κ1) is 33.5. The molecule has 1 aliphatic carbocycles. The van der Waals surface area contributed by atoms with E-state index in [1.54, 1.807) is 18.2 Å². The van der Waals surface area contributed by atoms with Crippen molar-refractivity contribution in [3.63, 3.8) is 0 Å². The number of fused-ring (bicyclic) bond motifs is 1. The molecule has 0 bridgehead atoms. The van der Waals surface area contributed by atoms with Crippen molar-refractivity contribution in [2.24, 2.45) is 0 Å². The van der Waals surface area contributed by atoms with Crippen LogP contribution in [0, 0.1) is 20.7 Å². The maximum absolute atomic E-state index is 15.6. The second-order valence-electron chi connectivity index (χ2n) is 13.4. The average molecular weight is 726 g/mol. The number of nitro groups is 1. The Morgan fingerprint density at radius 1 is 0.904 bits per heavy atom. The van der Waals surface area contributed by atoms with Gasteiger partial charge in [-0.05, 0) is 61.5 Å². The molecule has 0 atom stereocenters. The standard InChI is InChI=1S/C36H36FN9O5S/c37-30-20-28-31(43(25-8-9-25)22-29(33(28)47)34(48)49)21-32(30)41-14-12-39(13-15-41)23-44-36(52)45(26-4-2-1-3-5-26)35(38-44)42-18-16-40(17-19-42)24-6-10-27(11-7-24)46(50)51/h1-7,10-11,20-22,25H,8-9,12-19,23H2,(H,48,49). The van der Waals surface area contributed by atoms with E-state index in [1.807, 2.05) is 49.0 Å². The molecular formula is C36H36FN9O5S. The molecule has 16 heteroatoms. The van der Waals surface area contributed by atoms with Crippen LogP contribution in [0.1, 0.15) is 29.2 Å². The number of non-ortho nitro benzene ring substituents is 1. The molecule has 0 unspecified atom stereocenters. The molecule has 1 saturated carbocycles. The van der Waals surface area contributed by atoms with Crippen LogP contribution in [0.5, 0.6) is 0 Å². The van der Waals surface area contributed by atoms with Gasteiger partial charge in [0.05, 0.1) is 28.5 Å². The molecule has 1 N–H and O–H groups in total. The van der Waals surface area contributed by atoms with Crippen molar-refractivity contribution in [2.45, 2.75) is 25.6 Å². The van der Waals surface area contributed by atoms with Gasteiger partial charge in [0.1, 0.15) is 11.4 Å². The fourth-order valence-corrected chi connectivity index (χ4v) is 7.46. The van der Waals surface area contributed by atoms with Crippen LogP contribution in [0.15, 0.2) is 77.7 Å². The number of para-hydroxylation sites is 1. The van der Waals surface area contributed by atoms with Gasteiger partial charge in [0.2, 0.25) is 16.1 Å². The molecule has 268 valence electrons. The number of anilines is 3. The predicted octanol–water partition coefficient (Wildman–Crippen LogP) is 4.90. The van der Waals surface area contributed by atoms with E-state index in [9.17, 15) is 24.8 Å². The Labute approximate surface area is 302 Å². The number of hydrogen-bond acceptors (Lipinski definition) is 10. The number of aromatic carboxylic acids is 1. The van der Waals surface area contributed by atoms with E-state index in [-0.39, 0.29) is 22.7 Å². The number of carboxylic acids is 1. The summed E-state index contributed by atoms with van der Waals surface area (Å²) in [4.78, 5) is 44.0. The molecule has 0 amide bonds. The summed E-state index contributed by atoms with van der Waals surface area (Å²) < 4.78 is 21.8. The predicted molar refractivity (Wildman–Crippen MR) is 197 cm³/mol. The largest absolute Gasteiger partial charge is 0.477 e. The first-order valence-electron chi connectivity index (χ1n) is 17.2. The number of piperazine rings is 2. The number of rotatable bonds is 9.